The van der Waals surface area contributed by atoms with Gasteiger partial charge in [-0.25, -0.2) is 8.78 Å². The summed E-state index contributed by atoms with van der Waals surface area (Å²) in [5.41, 5.74) is 2.43. The number of benzene rings is 2. The fraction of sp³-hybridized carbons (Fsp3) is 0.263. The first-order chi connectivity index (χ1) is 12.4. The van der Waals surface area contributed by atoms with E-state index in [2.05, 4.69) is 4.99 Å². The molecule has 3 aromatic rings. The number of amides is 1. The van der Waals surface area contributed by atoms with Gasteiger partial charge in [0.15, 0.2) is 4.80 Å². The second-order valence-corrected chi connectivity index (χ2v) is 6.98. The summed E-state index contributed by atoms with van der Waals surface area (Å²) in [6.45, 7) is 4.87. The Morgan fingerprint density at radius 2 is 1.92 bits per heavy atom. The van der Waals surface area contributed by atoms with Gasteiger partial charge in [-0.05, 0) is 43.2 Å². The maximum absolute atomic E-state index is 13.9. The highest BCUT2D eigenvalue weighted by molar-refractivity contribution is 7.16. The average molecular weight is 376 g/mol. The van der Waals surface area contributed by atoms with Crippen LogP contribution in [0.3, 0.4) is 0 Å². The summed E-state index contributed by atoms with van der Waals surface area (Å²) in [4.78, 5) is 16.8. The van der Waals surface area contributed by atoms with Crippen LogP contribution in [0.5, 0.6) is 0 Å². The number of thiazole rings is 1. The predicted molar refractivity (Wildman–Crippen MR) is 97.4 cm³/mol. The molecule has 0 spiro atoms. The van der Waals surface area contributed by atoms with Crippen molar-refractivity contribution in [1.29, 1.82) is 0 Å². The molecule has 0 unspecified atom stereocenters. The topological polar surface area (TPSA) is 43.6 Å². The molecule has 3 rings (SSSR count). The maximum atomic E-state index is 13.9. The molecule has 1 amide bonds. The van der Waals surface area contributed by atoms with E-state index in [-0.39, 0.29) is 0 Å². The van der Waals surface area contributed by atoms with Crippen LogP contribution in [0, 0.1) is 25.5 Å². The van der Waals surface area contributed by atoms with Gasteiger partial charge in [0, 0.05) is 13.7 Å². The van der Waals surface area contributed by atoms with Crippen molar-refractivity contribution in [3.63, 3.8) is 0 Å². The monoisotopic (exact) mass is 376 g/mol. The van der Waals surface area contributed by atoms with Gasteiger partial charge in [-0.3, -0.25) is 4.79 Å². The Kier molecular flexibility index (Phi) is 5.29. The van der Waals surface area contributed by atoms with Gasteiger partial charge in [0.1, 0.15) is 17.2 Å². The lowest BCUT2D eigenvalue weighted by Crippen LogP contribution is -2.20. The zero-order valence-corrected chi connectivity index (χ0v) is 15.5. The molecule has 26 heavy (non-hydrogen) atoms. The lowest BCUT2D eigenvalue weighted by molar-refractivity contribution is 0.0989. The predicted octanol–water partition coefficient (Wildman–Crippen LogP) is 3.99. The summed E-state index contributed by atoms with van der Waals surface area (Å²) in [7, 11) is 1.59. The van der Waals surface area contributed by atoms with Crippen molar-refractivity contribution in [2.24, 2.45) is 4.99 Å². The van der Waals surface area contributed by atoms with E-state index in [0.29, 0.717) is 18.0 Å². The average Bonchev–Trinajstić information content (AvgIpc) is 2.89. The van der Waals surface area contributed by atoms with E-state index in [4.69, 9.17) is 4.74 Å². The van der Waals surface area contributed by atoms with Crippen molar-refractivity contribution in [3.8, 4) is 0 Å². The van der Waals surface area contributed by atoms with Gasteiger partial charge in [0.05, 0.1) is 16.8 Å². The SMILES string of the molecule is COCCn1c(=NC(=O)c2c(F)cccc2F)sc2cc(C)cc(C)c21. The van der Waals surface area contributed by atoms with Crippen LogP contribution in [-0.4, -0.2) is 24.2 Å². The fourth-order valence-electron chi connectivity index (χ4n) is 2.91. The first-order valence-corrected chi connectivity index (χ1v) is 8.86. The second kappa shape index (κ2) is 7.47. The van der Waals surface area contributed by atoms with Gasteiger partial charge < -0.3 is 9.30 Å². The molecule has 0 N–H and O–H groups in total. The van der Waals surface area contributed by atoms with Crippen molar-refractivity contribution in [2.45, 2.75) is 20.4 Å². The molecular formula is C19H18F2N2O2S. The minimum absolute atomic E-state index is 0.387. The van der Waals surface area contributed by atoms with E-state index in [1.54, 1.807) is 7.11 Å². The molecule has 4 nitrogen and oxygen atoms in total. The molecule has 0 atom stereocenters. The van der Waals surface area contributed by atoms with E-state index < -0.39 is 23.1 Å². The molecule has 0 radical (unpaired) electrons. The normalized spacial score (nSPS) is 12.1. The zero-order valence-electron chi connectivity index (χ0n) is 14.7. The Hall–Kier alpha value is -2.38. The lowest BCUT2D eigenvalue weighted by Gasteiger charge is -2.07. The van der Waals surface area contributed by atoms with Crippen LogP contribution < -0.4 is 4.80 Å². The standard InChI is InChI=1S/C19H18F2N2O2S/c1-11-9-12(2)17-15(10-11)26-19(23(17)7-8-25-3)22-18(24)16-13(20)5-4-6-14(16)21/h4-6,9-10H,7-8H2,1-3H3. The highest BCUT2D eigenvalue weighted by Gasteiger charge is 2.18. The molecular weight excluding hydrogens is 358 g/mol. The molecule has 0 aliphatic rings. The Balaban J connectivity index is 2.21. The number of rotatable bonds is 4. The molecule has 0 aliphatic heterocycles. The Morgan fingerprint density at radius 1 is 1.23 bits per heavy atom. The van der Waals surface area contributed by atoms with Crippen molar-refractivity contribution in [3.05, 3.63) is 63.5 Å². The number of hydrogen-bond donors (Lipinski definition) is 0. The van der Waals surface area contributed by atoms with Crippen molar-refractivity contribution >= 4 is 27.5 Å². The smallest absolute Gasteiger partial charge is 0.285 e. The van der Waals surface area contributed by atoms with E-state index in [1.807, 2.05) is 30.5 Å². The van der Waals surface area contributed by atoms with E-state index >= 15 is 0 Å². The fourth-order valence-corrected chi connectivity index (χ4v) is 4.14. The van der Waals surface area contributed by atoms with Crippen molar-refractivity contribution < 1.29 is 18.3 Å². The van der Waals surface area contributed by atoms with Crippen LogP contribution in [0.15, 0.2) is 35.3 Å². The van der Waals surface area contributed by atoms with Gasteiger partial charge in [-0.15, -0.1) is 0 Å². The van der Waals surface area contributed by atoms with Crippen LogP contribution >= 0.6 is 11.3 Å². The number of methoxy groups -OCH3 is 1. The summed E-state index contributed by atoms with van der Waals surface area (Å²) < 4.78 is 35.7. The maximum Gasteiger partial charge on any atom is 0.285 e. The molecule has 0 bridgehead atoms. The largest absolute Gasteiger partial charge is 0.383 e. The summed E-state index contributed by atoms with van der Waals surface area (Å²) in [5, 5.41) is 0. The molecule has 2 aromatic carbocycles. The first kappa shape index (κ1) is 18.4. The van der Waals surface area contributed by atoms with Crippen LogP contribution in [0.2, 0.25) is 0 Å². The van der Waals surface area contributed by atoms with E-state index in [9.17, 15) is 13.6 Å². The summed E-state index contributed by atoms with van der Waals surface area (Å²) in [6.07, 6.45) is 0. The van der Waals surface area contributed by atoms with Crippen molar-refractivity contribution in [2.75, 3.05) is 13.7 Å². The summed E-state index contributed by atoms with van der Waals surface area (Å²) in [5.74, 6) is -2.78. The van der Waals surface area contributed by atoms with E-state index in [1.165, 1.54) is 17.4 Å². The molecule has 0 fully saturated rings. The van der Waals surface area contributed by atoms with Crippen molar-refractivity contribution in [1.82, 2.24) is 4.57 Å². The number of ether oxygens (including phenoxy) is 1. The number of hydrogen-bond acceptors (Lipinski definition) is 3. The van der Waals surface area contributed by atoms with Gasteiger partial charge in [-0.2, -0.15) is 4.99 Å². The third kappa shape index (κ3) is 3.45. The molecule has 0 saturated heterocycles. The highest BCUT2D eigenvalue weighted by Crippen LogP contribution is 2.23. The van der Waals surface area contributed by atoms with Crippen LogP contribution in [0.25, 0.3) is 10.2 Å². The number of halogens is 2. The number of aryl methyl sites for hydroxylation is 2. The van der Waals surface area contributed by atoms with Crippen LogP contribution in [0.4, 0.5) is 8.78 Å². The van der Waals surface area contributed by atoms with E-state index in [0.717, 1.165) is 33.5 Å². The number of carbonyl (C=O) groups is 1. The number of aromatic nitrogens is 1. The first-order valence-electron chi connectivity index (χ1n) is 8.05. The van der Waals surface area contributed by atoms with Crippen LogP contribution in [0.1, 0.15) is 21.5 Å². The molecule has 136 valence electrons. The minimum Gasteiger partial charge on any atom is -0.383 e. The van der Waals surface area contributed by atoms with Gasteiger partial charge in [-0.1, -0.05) is 23.5 Å². The molecule has 0 saturated carbocycles. The Morgan fingerprint density at radius 3 is 2.58 bits per heavy atom. The minimum atomic E-state index is -0.937. The molecule has 1 aromatic heterocycles. The quantitative estimate of drug-likeness (QED) is 0.691. The van der Waals surface area contributed by atoms with Gasteiger partial charge >= 0.3 is 0 Å². The lowest BCUT2D eigenvalue weighted by atomic mass is 10.1. The Labute approximate surface area is 153 Å². The summed E-state index contributed by atoms with van der Waals surface area (Å²) in [6, 6.07) is 7.35. The van der Waals surface area contributed by atoms with Gasteiger partial charge in [0.25, 0.3) is 5.91 Å². The third-order valence-electron chi connectivity index (χ3n) is 4.00. The second-order valence-electron chi connectivity index (χ2n) is 5.97. The summed E-state index contributed by atoms with van der Waals surface area (Å²) >= 11 is 1.31. The highest BCUT2D eigenvalue weighted by atomic mass is 32.1. The molecule has 1 heterocycles. The Bertz CT molecular complexity index is 1030. The van der Waals surface area contributed by atoms with Gasteiger partial charge in [0.2, 0.25) is 0 Å². The number of carbonyl (C=O) groups excluding carboxylic acids is 1. The molecule has 0 aliphatic carbocycles. The third-order valence-corrected chi connectivity index (χ3v) is 5.03. The number of fused-ring (bicyclic) bond motifs is 1. The zero-order chi connectivity index (χ0) is 18.8. The van der Waals surface area contributed by atoms with Crippen LogP contribution in [-0.2, 0) is 11.3 Å². The molecule has 7 heteroatoms. The number of nitrogens with zero attached hydrogens (tertiary/aromatic N) is 2.